The summed E-state index contributed by atoms with van der Waals surface area (Å²) < 4.78 is 0. The first kappa shape index (κ1) is 19.4. The molecule has 7 heteroatoms. The van der Waals surface area contributed by atoms with Gasteiger partial charge >= 0.3 is 0 Å². The van der Waals surface area contributed by atoms with Crippen LogP contribution in [-0.4, -0.2) is 29.1 Å². The van der Waals surface area contributed by atoms with Crippen molar-refractivity contribution >= 4 is 29.3 Å². The van der Waals surface area contributed by atoms with Crippen molar-refractivity contribution in [3.63, 3.8) is 0 Å². The molecule has 1 aliphatic heterocycles. The molecule has 6 nitrogen and oxygen atoms in total. The van der Waals surface area contributed by atoms with E-state index in [0.717, 1.165) is 16.8 Å². The van der Waals surface area contributed by atoms with Crippen LogP contribution in [0.4, 0.5) is 5.69 Å². The standard InChI is InChI=1S/C20H24N4O2S/c1-13-7-9-15(10-8-13)11-17-19(26)22-20(24-23-17)27-12-18(25)21-16-6-4-3-5-14(16)2/h3-10,17,20,23-24H,11-12H2,1-2H3,(H,21,25)(H,22,26). The molecule has 2 unspecified atom stereocenters. The molecule has 2 atom stereocenters. The second-order valence-corrected chi connectivity index (χ2v) is 7.69. The SMILES string of the molecule is Cc1ccc(CC2NNC(SCC(=O)Nc3ccccc3C)NC2=O)cc1. The summed E-state index contributed by atoms with van der Waals surface area (Å²) >= 11 is 1.33. The average Bonchev–Trinajstić information content (AvgIpc) is 2.66. The molecule has 0 spiro atoms. The van der Waals surface area contributed by atoms with Crippen LogP contribution < -0.4 is 21.5 Å². The second kappa shape index (κ2) is 9.03. The molecule has 2 amide bonds. The van der Waals surface area contributed by atoms with Gasteiger partial charge in [0.1, 0.15) is 11.5 Å². The average molecular weight is 385 g/mol. The summed E-state index contributed by atoms with van der Waals surface area (Å²) in [5, 5.41) is 5.79. The Kier molecular flexibility index (Phi) is 6.49. The Hall–Kier alpha value is -2.35. The van der Waals surface area contributed by atoms with E-state index in [-0.39, 0.29) is 29.1 Å². The van der Waals surface area contributed by atoms with Crippen molar-refractivity contribution in [1.82, 2.24) is 16.2 Å². The lowest BCUT2D eigenvalue weighted by Crippen LogP contribution is -2.64. The van der Waals surface area contributed by atoms with Gasteiger partial charge in [0.25, 0.3) is 0 Å². The monoisotopic (exact) mass is 384 g/mol. The van der Waals surface area contributed by atoms with E-state index in [2.05, 4.69) is 21.5 Å². The van der Waals surface area contributed by atoms with Crippen molar-refractivity contribution in [2.45, 2.75) is 31.8 Å². The van der Waals surface area contributed by atoms with Crippen LogP contribution in [0.5, 0.6) is 0 Å². The van der Waals surface area contributed by atoms with Gasteiger partial charge in [0.05, 0.1) is 5.75 Å². The minimum absolute atomic E-state index is 0.0777. The zero-order valence-corrected chi connectivity index (χ0v) is 16.2. The number of aryl methyl sites for hydroxylation is 2. The quantitative estimate of drug-likeness (QED) is 0.613. The van der Waals surface area contributed by atoms with Crippen LogP contribution in [0.1, 0.15) is 16.7 Å². The van der Waals surface area contributed by atoms with Gasteiger partial charge in [0.15, 0.2) is 0 Å². The number of hydrogen-bond acceptors (Lipinski definition) is 5. The van der Waals surface area contributed by atoms with Crippen molar-refractivity contribution in [2.24, 2.45) is 0 Å². The summed E-state index contributed by atoms with van der Waals surface area (Å²) in [6.07, 6.45) is 0.601. The van der Waals surface area contributed by atoms with Gasteiger partial charge in [-0.1, -0.05) is 48.0 Å². The number of thioether (sulfide) groups is 1. The Balaban J connectivity index is 1.44. The third-order valence-corrected chi connectivity index (χ3v) is 5.34. The number of hydrogen-bond donors (Lipinski definition) is 4. The van der Waals surface area contributed by atoms with Gasteiger partial charge in [0, 0.05) is 5.69 Å². The highest BCUT2D eigenvalue weighted by atomic mass is 32.2. The molecule has 1 fully saturated rings. The Morgan fingerprint density at radius 2 is 1.81 bits per heavy atom. The molecule has 0 bridgehead atoms. The highest BCUT2D eigenvalue weighted by Gasteiger charge is 2.27. The Morgan fingerprint density at radius 3 is 2.52 bits per heavy atom. The second-order valence-electron chi connectivity index (χ2n) is 6.59. The normalized spacial score (nSPS) is 19.4. The maximum absolute atomic E-state index is 12.3. The van der Waals surface area contributed by atoms with Crippen LogP contribution in [0.25, 0.3) is 0 Å². The summed E-state index contributed by atoms with van der Waals surface area (Å²) in [5.74, 6) is 0.0506. The van der Waals surface area contributed by atoms with Gasteiger partial charge in [-0.3, -0.25) is 9.59 Å². The van der Waals surface area contributed by atoms with Crippen molar-refractivity contribution < 1.29 is 9.59 Å². The summed E-state index contributed by atoms with van der Waals surface area (Å²) in [6.45, 7) is 3.98. The van der Waals surface area contributed by atoms with E-state index in [4.69, 9.17) is 0 Å². The third-order valence-electron chi connectivity index (χ3n) is 4.34. The number of hydrazine groups is 1. The molecule has 0 aromatic heterocycles. The lowest BCUT2D eigenvalue weighted by atomic mass is 10.0. The molecule has 0 aliphatic carbocycles. The van der Waals surface area contributed by atoms with E-state index in [1.807, 2.05) is 62.4 Å². The third kappa shape index (κ3) is 5.56. The van der Waals surface area contributed by atoms with E-state index in [0.29, 0.717) is 6.42 Å². The zero-order chi connectivity index (χ0) is 19.2. The predicted molar refractivity (Wildman–Crippen MR) is 109 cm³/mol. The fourth-order valence-corrected chi connectivity index (χ4v) is 3.49. The highest BCUT2D eigenvalue weighted by molar-refractivity contribution is 8.00. The highest BCUT2D eigenvalue weighted by Crippen LogP contribution is 2.15. The lowest BCUT2D eigenvalue weighted by molar-refractivity contribution is -0.125. The Labute approximate surface area is 163 Å². The fraction of sp³-hybridized carbons (Fsp3) is 0.300. The van der Waals surface area contributed by atoms with Crippen LogP contribution in [-0.2, 0) is 16.0 Å². The van der Waals surface area contributed by atoms with Crippen LogP contribution in [0.3, 0.4) is 0 Å². The smallest absolute Gasteiger partial charge is 0.240 e. The molecule has 1 aliphatic rings. The van der Waals surface area contributed by atoms with Gasteiger partial charge in [-0.25, -0.2) is 10.9 Å². The van der Waals surface area contributed by atoms with Gasteiger partial charge in [-0.2, -0.15) is 0 Å². The summed E-state index contributed by atoms with van der Waals surface area (Å²) in [4.78, 5) is 24.5. The summed E-state index contributed by atoms with van der Waals surface area (Å²) in [7, 11) is 0. The first-order chi connectivity index (χ1) is 13.0. The number of amides is 2. The molecule has 27 heavy (non-hydrogen) atoms. The van der Waals surface area contributed by atoms with Gasteiger partial charge in [-0.05, 0) is 37.5 Å². The number of nitrogens with one attached hydrogen (secondary N) is 4. The molecule has 3 rings (SSSR count). The minimum atomic E-state index is -0.352. The summed E-state index contributed by atoms with van der Waals surface area (Å²) in [5.41, 5.74) is 9.87. The number of benzene rings is 2. The fourth-order valence-electron chi connectivity index (χ4n) is 2.75. The molecule has 0 radical (unpaired) electrons. The molecule has 0 saturated carbocycles. The first-order valence-electron chi connectivity index (χ1n) is 8.85. The maximum Gasteiger partial charge on any atom is 0.240 e. The molecule has 1 heterocycles. The van der Waals surface area contributed by atoms with Crippen LogP contribution in [0.15, 0.2) is 48.5 Å². The maximum atomic E-state index is 12.3. The van der Waals surface area contributed by atoms with E-state index >= 15 is 0 Å². The number of carbonyl (C=O) groups excluding carboxylic acids is 2. The van der Waals surface area contributed by atoms with Gasteiger partial charge in [-0.15, -0.1) is 11.8 Å². The molecule has 142 valence electrons. The number of rotatable bonds is 6. The first-order valence-corrected chi connectivity index (χ1v) is 9.90. The Morgan fingerprint density at radius 1 is 1.07 bits per heavy atom. The minimum Gasteiger partial charge on any atom is -0.329 e. The van der Waals surface area contributed by atoms with Crippen molar-refractivity contribution in [3.05, 3.63) is 65.2 Å². The van der Waals surface area contributed by atoms with Crippen molar-refractivity contribution in [2.75, 3.05) is 11.1 Å². The van der Waals surface area contributed by atoms with Gasteiger partial charge in [0.2, 0.25) is 11.8 Å². The molecule has 2 aromatic carbocycles. The topological polar surface area (TPSA) is 82.3 Å². The molecular weight excluding hydrogens is 360 g/mol. The van der Waals surface area contributed by atoms with E-state index in [9.17, 15) is 9.59 Å². The van der Waals surface area contributed by atoms with Gasteiger partial charge < -0.3 is 10.6 Å². The summed E-state index contributed by atoms with van der Waals surface area (Å²) in [6, 6.07) is 15.4. The number of anilines is 1. The number of carbonyl (C=O) groups is 2. The van der Waals surface area contributed by atoms with E-state index in [1.165, 1.54) is 17.3 Å². The number of para-hydroxylation sites is 1. The van der Waals surface area contributed by atoms with Crippen molar-refractivity contribution in [1.29, 1.82) is 0 Å². The molecular formula is C20H24N4O2S. The molecule has 2 aromatic rings. The zero-order valence-electron chi connectivity index (χ0n) is 15.4. The van der Waals surface area contributed by atoms with Crippen LogP contribution in [0.2, 0.25) is 0 Å². The largest absolute Gasteiger partial charge is 0.329 e. The van der Waals surface area contributed by atoms with Crippen molar-refractivity contribution in [3.8, 4) is 0 Å². The van der Waals surface area contributed by atoms with E-state index < -0.39 is 0 Å². The Bertz CT molecular complexity index is 810. The van der Waals surface area contributed by atoms with Crippen LogP contribution >= 0.6 is 11.8 Å². The molecule has 4 N–H and O–H groups in total. The van der Waals surface area contributed by atoms with E-state index in [1.54, 1.807) is 0 Å². The molecule has 1 saturated heterocycles. The van der Waals surface area contributed by atoms with Crippen LogP contribution in [0, 0.1) is 13.8 Å². The lowest BCUT2D eigenvalue weighted by Gasteiger charge is -2.31. The predicted octanol–water partition coefficient (Wildman–Crippen LogP) is 2.09.